The zero-order valence-corrected chi connectivity index (χ0v) is 10.7. The van der Waals surface area contributed by atoms with Crippen LogP contribution in [0.1, 0.15) is 26.4 Å². The van der Waals surface area contributed by atoms with Crippen LogP contribution in [-0.4, -0.2) is 24.0 Å². The minimum Gasteiger partial charge on any atom is -0.465 e. The molecule has 2 aromatic rings. The molecule has 2 N–H and O–H groups in total. The lowest BCUT2D eigenvalue weighted by Crippen LogP contribution is -2.14. The number of nitrogens with one attached hydrogen (secondary N) is 2. The number of benzene rings is 1. The fourth-order valence-corrected chi connectivity index (χ4v) is 1.77. The van der Waals surface area contributed by atoms with E-state index in [1.807, 2.05) is 6.07 Å². The molecule has 0 spiro atoms. The molecule has 1 amide bonds. The summed E-state index contributed by atoms with van der Waals surface area (Å²) in [6.45, 7) is 1.74. The molecule has 0 radical (unpaired) electrons. The first-order valence-electron chi connectivity index (χ1n) is 5.76. The summed E-state index contributed by atoms with van der Waals surface area (Å²) in [6.07, 6.45) is 1.57. The summed E-state index contributed by atoms with van der Waals surface area (Å²) in [7, 11) is 1.30. The van der Waals surface area contributed by atoms with Crippen LogP contribution in [0.2, 0.25) is 0 Å². The molecule has 0 atom stereocenters. The Hall–Kier alpha value is -2.56. The summed E-state index contributed by atoms with van der Waals surface area (Å²) in [5, 5.41) is 2.69. The van der Waals surface area contributed by atoms with Gasteiger partial charge < -0.3 is 15.0 Å². The average Bonchev–Trinajstić information content (AvgIpc) is 2.80. The second-order valence-corrected chi connectivity index (χ2v) is 4.01. The number of ether oxygens (including phenoxy) is 1. The van der Waals surface area contributed by atoms with Gasteiger partial charge in [0.15, 0.2) is 0 Å². The summed E-state index contributed by atoms with van der Waals surface area (Å²) in [6, 6.07) is 8.79. The summed E-state index contributed by atoms with van der Waals surface area (Å²) < 4.78 is 4.69. The Morgan fingerprint density at radius 2 is 1.89 bits per heavy atom. The van der Waals surface area contributed by atoms with E-state index in [2.05, 4.69) is 10.3 Å². The lowest BCUT2D eigenvalue weighted by Gasteiger charge is -2.06. The van der Waals surface area contributed by atoms with Crippen LogP contribution in [0.4, 0.5) is 5.69 Å². The largest absolute Gasteiger partial charge is 0.465 e. The van der Waals surface area contributed by atoms with Gasteiger partial charge in [-0.2, -0.15) is 0 Å². The third-order valence-corrected chi connectivity index (χ3v) is 2.75. The van der Waals surface area contributed by atoms with Gasteiger partial charge in [-0.25, -0.2) is 4.79 Å². The lowest BCUT2D eigenvalue weighted by molar-refractivity contribution is 0.0601. The number of rotatable bonds is 3. The predicted octanol–water partition coefficient (Wildman–Crippen LogP) is 2.36. The highest BCUT2D eigenvalue weighted by atomic mass is 16.5. The number of carbonyl (C=O) groups is 2. The maximum atomic E-state index is 12.0. The van der Waals surface area contributed by atoms with Gasteiger partial charge in [0, 0.05) is 17.5 Å². The molecule has 19 heavy (non-hydrogen) atoms. The van der Waals surface area contributed by atoms with Crippen LogP contribution >= 0.6 is 0 Å². The molecule has 0 fully saturated rings. The number of aromatic nitrogens is 1. The van der Waals surface area contributed by atoms with Gasteiger partial charge in [0.1, 0.15) is 5.56 Å². The van der Waals surface area contributed by atoms with Crippen molar-refractivity contribution in [1.82, 2.24) is 4.98 Å². The second-order valence-electron chi connectivity index (χ2n) is 4.01. The fourth-order valence-electron chi connectivity index (χ4n) is 1.77. The summed E-state index contributed by atoms with van der Waals surface area (Å²) in [5.74, 6) is -0.758. The Labute approximate surface area is 110 Å². The molecule has 0 saturated carbocycles. The molecular formula is C14H14N2O3. The summed E-state index contributed by atoms with van der Waals surface area (Å²) in [5.41, 5.74) is 1.93. The van der Waals surface area contributed by atoms with Crippen molar-refractivity contribution >= 4 is 17.6 Å². The molecule has 5 heteroatoms. The predicted molar refractivity (Wildman–Crippen MR) is 71.3 cm³/mol. The molecular weight excluding hydrogens is 244 g/mol. The standard InChI is InChI=1S/C14H14N2O3/c1-9-12(14(18)19-2)11(8-15-9)16-13(17)10-6-4-3-5-7-10/h3-8,15H,1-2H3,(H,16,17). The van der Waals surface area contributed by atoms with E-state index in [4.69, 9.17) is 4.74 Å². The van der Waals surface area contributed by atoms with Crippen LogP contribution in [0.5, 0.6) is 0 Å². The number of methoxy groups -OCH3 is 1. The maximum absolute atomic E-state index is 12.0. The number of aryl methyl sites for hydroxylation is 1. The van der Waals surface area contributed by atoms with Gasteiger partial charge in [-0.15, -0.1) is 0 Å². The quantitative estimate of drug-likeness (QED) is 0.830. The molecule has 1 aromatic heterocycles. The number of amides is 1. The van der Waals surface area contributed by atoms with Crippen molar-refractivity contribution in [3.05, 3.63) is 53.3 Å². The van der Waals surface area contributed by atoms with Crippen molar-refractivity contribution < 1.29 is 14.3 Å². The lowest BCUT2D eigenvalue weighted by atomic mass is 10.2. The first-order chi connectivity index (χ1) is 9.13. The van der Waals surface area contributed by atoms with Gasteiger partial charge in [-0.3, -0.25) is 4.79 Å². The monoisotopic (exact) mass is 258 g/mol. The number of hydrogen-bond acceptors (Lipinski definition) is 3. The topological polar surface area (TPSA) is 71.2 Å². The van der Waals surface area contributed by atoms with Crippen LogP contribution in [0.25, 0.3) is 0 Å². The van der Waals surface area contributed by atoms with Crippen molar-refractivity contribution in [2.75, 3.05) is 12.4 Å². The normalized spacial score (nSPS) is 10.0. The van der Waals surface area contributed by atoms with Gasteiger partial charge in [0.2, 0.25) is 0 Å². The Morgan fingerprint density at radius 3 is 2.53 bits per heavy atom. The summed E-state index contributed by atoms with van der Waals surface area (Å²) in [4.78, 5) is 26.5. The molecule has 2 rings (SSSR count). The maximum Gasteiger partial charge on any atom is 0.341 e. The second kappa shape index (κ2) is 5.39. The minimum absolute atomic E-state index is 0.273. The van der Waals surface area contributed by atoms with Gasteiger partial charge in [-0.05, 0) is 19.1 Å². The van der Waals surface area contributed by atoms with E-state index < -0.39 is 5.97 Å². The van der Waals surface area contributed by atoms with E-state index in [1.54, 1.807) is 37.4 Å². The van der Waals surface area contributed by atoms with Crippen LogP contribution < -0.4 is 5.32 Å². The van der Waals surface area contributed by atoms with Crippen molar-refractivity contribution in [3.63, 3.8) is 0 Å². The Kier molecular flexibility index (Phi) is 3.66. The van der Waals surface area contributed by atoms with E-state index in [1.165, 1.54) is 7.11 Å². The van der Waals surface area contributed by atoms with Gasteiger partial charge in [0.05, 0.1) is 12.8 Å². The van der Waals surface area contributed by atoms with E-state index in [-0.39, 0.29) is 5.91 Å². The molecule has 0 aliphatic carbocycles. The number of anilines is 1. The Bertz CT molecular complexity index is 602. The molecule has 98 valence electrons. The third-order valence-electron chi connectivity index (χ3n) is 2.75. The van der Waals surface area contributed by atoms with E-state index >= 15 is 0 Å². The van der Waals surface area contributed by atoms with Gasteiger partial charge in [-0.1, -0.05) is 18.2 Å². The zero-order chi connectivity index (χ0) is 13.8. The van der Waals surface area contributed by atoms with Gasteiger partial charge >= 0.3 is 5.97 Å². The smallest absolute Gasteiger partial charge is 0.341 e. The van der Waals surface area contributed by atoms with E-state index in [9.17, 15) is 9.59 Å². The van der Waals surface area contributed by atoms with Crippen molar-refractivity contribution in [2.45, 2.75) is 6.92 Å². The zero-order valence-electron chi connectivity index (χ0n) is 10.7. The van der Waals surface area contributed by atoms with Crippen LogP contribution in [0, 0.1) is 6.92 Å². The number of esters is 1. The molecule has 0 unspecified atom stereocenters. The van der Waals surface area contributed by atoms with Crippen LogP contribution in [0.15, 0.2) is 36.5 Å². The highest BCUT2D eigenvalue weighted by molar-refractivity contribution is 6.08. The number of hydrogen-bond donors (Lipinski definition) is 2. The van der Waals surface area contributed by atoms with E-state index in [0.717, 1.165) is 0 Å². The third kappa shape index (κ3) is 2.65. The van der Waals surface area contributed by atoms with Crippen LogP contribution in [0.3, 0.4) is 0 Å². The van der Waals surface area contributed by atoms with Gasteiger partial charge in [0.25, 0.3) is 5.91 Å². The first kappa shape index (κ1) is 12.9. The number of carbonyl (C=O) groups excluding carboxylic acids is 2. The van der Waals surface area contributed by atoms with E-state index in [0.29, 0.717) is 22.5 Å². The van der Waals surface area contributed by atoms with Crippen LogP contribution in [-0.2, 0) is 4.74 Å². The molecule has 0 saturated heterocycles. The average molecular weight is 258 g/mol. The molecule has 0 bridgehead atoms. The highest BCUT2D eigenvalue weighted by Gasteiger charge is 2.18. The van der Waals surface area contributed by atoms with Crippen molar-refractivity contribution in [1.29, 1.82) is 0 Å². The molecule has 1 heterocycles. The minimum atomic E-state index is -0.484. The summed E-state index contributed by atoms with van der Waals surface area (Å²) >= 11 is 0. The van der Waals surface area contributed by atoms with Crippen molar-refractivity contribution in [3.8, 4) is 0 Å². The molecule has 0 aliphatic heterocycles. The number of aromatic amines is 1. The fraction of sp³-hybridized carbons (Fsp3) is 0.143. The SMILES string of the molecule is COC(=O)c1c(NC(=O)c2ccccc2)c[nH]c1C. The molecule has 0 aliphatic rings. The Balaban J connectivity index is 2.25. The van der Waals surface area contributed by atoms with Crippen molar-refractivity contribution in [2.24, 2.45) is 0 Å². The first-order valence-corrected chi connectivity index (χ1v) is 5.76. The molecule has 5 nitrogen and oxygen atoms in total. The highest BCUT2D eigenvalue weighted by Crippen LogP contribution is 2.20. The Morgan fingerprint density at radius 1 is 1.21 bits per heavy atom. The molecule has 1 aromatic carbocycles. The number of H-pyrrole nitrogens is 1.